The molecule has 0 aromatic carbocycles. The third-order valence-corrected chi connectivity index (χ3v) is 3.02. The molecule has 0 aliphatic rings. The van der Waals surface area contributed by atoms with Crippen LogP contribution in [-0.4, -0.2) is 36.8 Å². The predicted octanol–water partition coefficient (Wildman–Crippen LogP) is 0.179. The van der Waals surface area contributed by atoms with Gasteiger partial charge in [-0.25, -0.2) is 23.3 Å². The minimum Gasteiger partial charge on any atom is -0.478 e. The van der Waals surface area contributed by atoms with Crippen molar-refractivity contribution in [1.29, 1.82) is 0 Å². The number of nitrogens with one attached hydrogen (secondary N) is 1. The lowest BCUT2D eigenvalue weighted by Crippen LogP contribution is -2.19. The Hall–Kier alpha value is -1.67. The number of hydrogen-bond acceptors (Lipinski definition) is 5. The van der Waals surface area contributed by atoms with Crippen LogP contribution in [-0.2, 0) is 10.0 Å². The summed E-state index contributed by atoms with van der Waals surface area (Å²) in [5.74, 6) is -1.01. The van der Waals surface area contributed by atoms with Gasteiger partial charge < -0.3 is 10.4 Å². The second kappa shape index (κ2) is 5.78. The summed E-state index contributed by atoms with van der Waals surface area (Å²) in [6, 6.07) is 3.05. The van der Waals surface area contributed by atoms with Crippen LogP contribution in [0.2, 0.25) is 0 Å². The van der Waals surface area contributed by atoms with Crippen LogP contribution in [0.5, 0.6) is 0 Å². The summed E-state index contributed by atoms with van der Waals surface area (Å²) in [7, 11) is -3.49. The number of rotatable bonds is 6. The number of anilines is 1. The molecule has 0 atom stereocenters. The Kier molecular flexibility index (Phi) is 4.62. The van der Waals surface area contributed by atoms with Crippen LogP contribution in [0.25, 0.3) is 0 Å². The van der Waals surface area contributed by atoms with E-state index in [4.69, 9.17) is 10.2 Å². The first-order chi connectivity index (χ1) is 8.29. The van der Waals surface area contributed by atoms with Crippen molar-refractivity contribution in [1.82, 2.24) is 4.98 Å². The molecule has 1 heterocycles. The maximum atomic E-state index is 10.9. The van der Waals surface area contributed by atoms with Gasteiger partial charge in [0.05, 0.1) is 5.75 Å². The van der Waals surface area contributed by atoms with Gasteiger partial charge in [-0.2, -0.15) is 0 Å². The van der Waals surface area contributed by atoms with Gasteiger partial charge in [-0.3, -0.25) is 0 Å². The van der Waals surface area contributed by atoms with Gasteiger partial charge in [-0.05, 0) is 25.5 Å². The molecule has 0 aliphatic carbocycles. The number of carbonyl (C=O) groups is 1. The van der Waals surface area contributed by atoms with E-state index in [1.165, 1.54) is 6.07 Å². The summed E-state index contributed by atoms with van der Waals surface area (Å²) in [5.41, 5.74) is 0.727. The van der Waals surface area contributed by atoms with E-state index in [9.17, 15) is 13.2 Å². The lowest BCUT2D eigenvalue weighted by Gasteiger charge is -2.08. The highest BCUT2D eigenvalue weighted by molar-refractivity contribution is 7.89. The van der Waals surface area contributed by atoms with Crippen molar-refractivity contribution in [3.8, 4) is 0 Å². The van der Waals surface area contributed by atoms with Crippen molar-refractivity contribution in [3.63, 3.8) is 0 Å². The topological polar surface area (TPSA) is 122 Å². The molecular weight excluding hydrogens is 258 g/mol. The van der Waals surface area contributed by atoms with Crippen LogP contribution in [0.3, 0.4) is 0 Å². The first-order valence-corrected chi connectivity index (χ1v) is 6.96. The lowest BCUT2D eigenvalue weighted by atomic mass is 10.2. The molecule has 0 aliphatic heterocycles. The molecule has 4 N–H and O–H groups in total. The minimum absolute atomic E-state index is 0.0520. The van der Waals surface area contributed by atoms with Crippen molar-refractivity contribution in [2.75, 3.05) is 17.6 Å². The van der Waals surface area contributed by atoms with Crippen molar-refractivity contribution >= 4 is 21.8 Å². The van der Waals surface area contributed by atoms with Crippen LogP contribution in [0.1, 0.15) is 22.5 Å². The Balaban J connectivity index is 2.66. The molecule has 0 fully saturated rings. The smallest absolute Gasteiger partial charge is 0.339 e. The molecule has 8 heteroatoms. The Bertz CT molecular complexity index is 542. The molecule has 0 bridgehead atoms. The minimum atomic E-state index is -3.49. The molecule has 0 amide bonds. The van der Waals surface area contributed by atoms with Gasteiger partial charge in [-0.1, -0.05) is 0 Å². The van der Waals surface area contributed by atoms with Gasteiger partial charge in [0, 0.05) is 12.2 Å². The van der Waals surface area contributed by atoms with Gasteiger partial charge in [-0.15, -0.1) is 0 Å². The van der Waals surface area contributed by atoms with Gasteiger partial charge in [0.25, 0.3) is 0 Å². The molecule has 7 nitrogen and oxygen atoms in total. The standard InChI is InChI=1S/C10H15N3O4S/c1-7-3-4-8(10(14)15)9(13-7)12-5-2-6-18(11,16)17/h3-4H,2,5-6H2,1H3,(H,12,13)(H,14,15)(H2,11,16,17). The van der Waals surface area contributed by atoms with Crippen molar-refractivity contribution in [2.45, 2.75) is 13.3 Å². The van der Waals surface area contributed by atoms with Crippen LogP contribution < -0.4 is 10.5 Å². The summed E-state index contributed by atoms with van der Waals surface area (Å²) >= 11 is 0. The highest BCUT2D eigenvalue weighted by Gasteiger charge is 2.11. The van der Waals surface area contributed by atoms with Gasteiger partial charge in [0.2, 0.25) is 10.0 Å². The number of pyridine rings is 1. The van der Waals surface area contributed by atoms with Crippen LogP contribution in [0, 0.1) is 6.92 Å². The van der Waals surface area contributed by atoms with Crippen LogP contribution in [0.4, 0.5) is 5.82 Å². The fourth-order valence-electron chi connectivity index (χ4n) is 1.34. The van der Waals surface area contributed by atoms with E-state index in [-0.39, 0.29) is 30.1 Å². The molecule has 1 aromatic heterocycles. The summed E-state index contributed by atoms with van der Waals surface area (Å²) in [6.07, 6.45) is 0.285. The molecule has 0 saturated carbocycles. The lowest BCUT2D eigenvalue weighted by molar-refractivity contribution is 0.0697. The maximum absolute atomic E-state index is 10.9. The largest absolute Gasteiger partial charge is 0.478 e. The number of hydrogen-bond donors (Lipinski definition) is 3. The molecular formula is C10H15N3O4S. The number of primary sulfonamides is 1. The highest BCUT2D eigenvalue weighted by atomic mass is 32.2. The molecule has 1 rings (SSSR count). The molecule has 100 valence electrons. The van der Waals surface area contributed by atoms with Crippen molar-refractivity contribution < 1.29 is 18.3 Å². The normalized spacial score (nSPS) is 11.2. The number of nitrogens with two attached hydrogens (primary N) is 1. The summed E-state index contributed by atoms with van der Waals surface area (Å²) in [5, 5.41) is 16.6. The Morgan fingerprint density at radius 2 is 2.17 bits per heavy atom. The second-order valence-electron chi connectivity index (χ2n) is 3.80. The average Bonchev–Trinajstić information content (AvgIpc) is 2.22. The zero-order valence-electron chi connectivity index (χ0n) is 9.88. The number of carboxylic acids is 1. The van der Waals surface area contributed by atoms with E-state index in [1.54, 1.807) is 13.0 Å². The number of nitrogens with zero attached hydrogens (tertiary/aromatic N) is 1. The zero-order chi connectivity index (χ0) is 13.8. The molecule has 0 unspecified atom stereocenters. The predicted molar refractivity (Wildman–Crippen MR) is 67.0 cm³/mol. The zero-order valence-corrected chi connectivity index (χ0v) is 10.7. The maximum Gasteiger partial charge on any atom is 0.339 e. The van der Waals surface area contributed by atoms with E-state index in [0.29, 0.717) is 5.69 Å². The quantitative estimate of drug-likeness (QED) is 0.635. The number of aryl methyl sites for hydroxylation is 1. The Morgan fingerprint density at radius 1 is 1.50 bits per heavy atom. The van der Waals surface area contributed by atoms with Crippen molar-refractivity contribution in [3.05, 3.63) is 23.4 Å². The SMILES string of the molecule is Cc1ccc(C(=O)O)c(NCCCS(N)(=O)=O)n1. The molecule has 1 aromatic rings. The monoisotopic (exact) mass is 273 g/mol. The molecule has 0 spiro atoms. The van der Waals surface area contributed by atoms with E-state index < -0.39 is 16.0 Å². The third kappa shape index (κ3) is 4.68. The van der Waals surface area contributed by atoms with E-state index in [0.717, 1.165) is 0 Å². The summed E-state index contributed by atoms with van der Waals surface area (Å²) in [6.45, 7) is 2.02. The number of aromatic nitrogens is 1. The average molecular weight is 273 g/mol. The van der Waals surface area contributed by atoms with Gasteiger partial charge in [0.1, 0.15) is 11.4 Å². The number of aromatic carboxylic acids is 1. The van der Waals surface area contributed by atoms with Gasteiger partial charge in [0.15, 0.2) is 0 Å². The third-order valence-electron chi connectivity index (χ3n) is 2.16. The van der Waals surface area contributed by atoms with Crippen molar-refractivity contribution in [2.24, 2.45) is 5.14 Å². The van der Waals surface area contributed by atoms with E-state index in [1.807, 2.05) is 0 Å². The molecule has 0 radical (unpaired) electrons. The highest BCUT2D eigenvalue weighted by Crippen LogP contribution is 2.13. The van der Waals surface area contributed by atoms with E-state index >= 15 is 0 Å². The Morgan fingerprint density at radius 3 is 2.72 bits per heavy atom. The summed E-state index contributed by atoms with van der Waals surface area (Å²) in [4.78, 5) is 15.0. The van der Waals surface area contributed by atoms with Crippen LogP contribution >= 0.6 is 0 Å². The fraction of sp³-hybridized carbons (Fsp3) is 0.400. The second-order valence-corrected chi connectivity index (χ2v) is 5.54. The first-order valence-electron chi connectivity index (χ1n) is 5.25. The fourth-order valence-corrected chi connectivity index (χ4v) is 1.89. The first kappa shape index (κ1) is 14.4. The number of carboxylic acid groups (broad SMARTS) is 1. The van der Waals surface area contributed by atoms with Gasteiger partial charge >= 0.3 is 5.97 Å². The van der Waals surface area contributed by atoms with Crippen LogP contribution in [0.15, 0.2) is 12.1 Å². The summed E-state index contributed by atoms with van der Waals surface area (Å²) < 4.78 is 21.4. The van der Waals surface area contributed by atoms with E-state index in [2.05, 4.69) is 10.3 Å². The molecule has 18 heavy (non-hydrogen) atoms. The number of sulfonamides is 1. The molecule has 0 saturated heterocycles. The Labute approximate surface area is 105 Å².